The Morgan fingerprint density at radius 3 is 2.30 bits per heavy atom. The van der Waals surface area contributed by atoms with E-state index in [1.54, 1.807) is 26.8 Å². The minimum absolute atomic E-state index is 0.0738. The molecule has 0 spiro atoms. The molecule has 1 saturated heterocycles. The Morgan fingerprint density at radius 1 is 1.07 bits per heavy atom. The summed E-state index contributed by atoms with van der Waals surface area (Å²) in [6.07, 6.45) is 2.89. The maximum atomic E-state index is 13.8. The van der Waals surface area contributed by atoms with Gasteiger partial charge in [-0.2, -0.15) is 0 Å². The second-order valence-corrected chi connectivity index (χ2v) is 14.9. The molecule has 2 N–H and O–H groups in total. The summed E-state index contributed by atoms with van der Waals surface area (Å²) < 4.78 is 31.2. The number of ether oxygens (including phenoxy) is 1. The van der Waals surface area contributed by atoms with Crippen LogP contribution in [0, 0.1) is 11.8 Å². The topological polar surface area (TPSA) is 141 Å². The second kappa shape index (κ2) is 13.0. The number of likely N-dealkylation sites (tertiary alicyclic amines) is 1. The number of sulfonamides is 1. The molecular formula is C31H44N6O6S. The number of nitrogens with zero attached hydrogens (tertiary/aromatic N) is 4. The number of nitrogens with one attached hydrogen (secondary N) is 2. The van der Waals surface area contributed by atoms with Gasteiger partial charge in [0.1, 0.15) is 23.3 Å². The summed E-state index contributed by atoms with van der Waals surface area (Å²) in [5, 5.41) is 0. The van der Waals surface area contributed by atoms with Gasteiger partial charge in [-0.15, -0.1) is 0 Å². The van der Waals surface area contributed by atoms with Gasteiger partial charge in [-0.3, -0.25) is 29.6 Å². The van der Waals surface area contributed by atoms with Crippen LogP contribution in [0.2, 0.25) is 0 Å². The van der Waals surface area contributed by atoms with Crippen LogP contribution in [0.3, 0.4) is 0 Å². The smallest absolute Gasteiger partial charge is 0.410 e. The number of hydrogen-bond donors (Lipinski definition) is 2. The number of hydrazine groups is 1. The maximum absolute atomic E-state index is 13.8. The van der Waals surface area contributed by atoms with Crippen LogP contribution in [-0.4, -0.2) is 81.3 Å². The molecule has 2 fully saturated rings. The minimum Gasteiger partial charge on any atom is -0.444 e. The average molecular weight is 629 g/mol. The Balaban J connectivity index is 1.58. The molecule has 1 aliphatic carbocycles. The van der Waals surface area contributed by atoms with Gasteiger partial charge in [0.2, 0.25) is 10.0 Å². The largest absolute Gasteiger partial charge is 0.444 e. The number of amides is 3. The van der Waals surface area contributed by atoms with Crippen LogP contribution in [0.1, 0.15) is 68.8 Å². The lowest BCUT2D eigenvalue weighted by molar-refractivity contribution is -0.129. The summed E-state index contributed by atoms with van der Waals surface area (Å²) in [5.41, 5.74) is 5.25. The first-order chi connectivity index (χ1) is 20.5. The quantitative estimate of drug-likeness (QED) is 0.423. The van der Waals surface area contributed by atoms with Crippen LogP contribution in [0.5, 0.6) is 0 Å². The van der Waals surface area contributed by atoms with Crippen LogP contribution in [0.15, 0.2) is 42.5 Å². The molecule has 2 unspecified atom stereocenters. The van der Waals surface area contributed by atoms with E-state index in [0.29, 0.717) is 43.6 Å². The van der Waals surface area contributed by atoms with Crippen molar-refractivity contribution in [1.29, 1.82) is 0 Å². The van der Waals surface area contributed by atoms with Crippen LogP contribution in [0.25, 0.3) is 0 Å². The highest BCUT2D eigenvalue weighted by Crippen LogP contribution is 2.39. The van der Waals surface area contributed by atoms with Crippen molar-refractivity contribution >= 4 is 39.6 Å². The summed E-state index contributed by atoms with van der Waals surface area (Å²) in [6.45, 7) is 8.49. The molecule has 13 heteroatoms. The molecule has 3 amide bonds. The highest BCUT2D eigenvalue weighted by atomic mass is 32.2. The Kier molecular flexibility index (Phi) is 9.77. The normalized spacial score (nSPS) is 21.7. The summed E-state index contributed by atoms with van der Waals surface area (Å²) in [6, 6.07) is 11.5. The van der Waals surface area contributed by atoms with Gasteiger partial charge in [-0.1, -0.05) is 37.3 Å². The Bertz CT molecular complexity index is 1480. The van der Waals surface area contributed by atoms with Gasteiger partial charge in [-0.05, 0) is 69.6 Å². The van der Waals surface area contributed by atoms with Gasteiger partial charge in [0.05, 0.1) is 6.26 Å². The number of aromatic nitrogens is 1. The van der Waals surface area contributed by atoms with Crippen LogP contribution in [-0.2, 0) is 19.6 Å². The van der Waals surface area contributed by atoms with Crippen LogP contribution >= 0.6 is 0 Å². The maximum Gasteiger partial charge on any atom is 0.410 e. The molecule has 2 aromatic rings. The molecule has 240 valence electrons. The molecule has 0 bridgehead atoms. The summed E-state index contributed by atoms with van der Waals surface area (Å²) in [7, 11) is -0.446. The monoisotopic (exact) mass is 628 g/mol. The number of piperidine rings is 1. The fourth-order valence-electron chi connectivity index (χ4n) is 5.42. The molecular weight excluding hydrogens is 584 g/mol. The molecule has 1 aromatic carbocycles. The lowest BCUT2D eigenvalue weighted by Gasteiger charge is -2.40. The molecule has 1 saturated carbocycles. The van der Waals surface area contributed by atoms with Crippen molar-refractivity contribution in [3.8, 4) is 0 Å². The summed E-state index contributed by atoms with van der Waals surface area (Å²) >= 11 is 0. The van der Waals surface area contributed by atoms with E-state index < -0.39 is 39.6 Å². The predicted molar refractivity (Wildman–Crippen MR) is 169 cm³/mol. The van der Waals surface area contributed by atoms with Crippen molar-refractivity contribution < 1.29 is 27.5 Å². The van der Waals surface area contributed by atoms with Crippen molar-refractivity contribution in [2.45, 2.75) is 64.5 Å². The van der Waals surface area contributed by atoms with E-state index in [0.717, 1.165) is 22.5 Å². The number of pyridine rings is 1. The second-order valence-electron chi connectivity index (χ2n) is 12.9. The van der Waals surface area contributed by atoms with E-state index in [4.69, 9.17) is 4.74 Å². The molecule has 2 aliphatic rings. The lowest BCUT2D eigenvalue weighted by Crippen LogP contribution is -2.58. The van der Waals surface area contributed by atoms with Gasteiger partial charge in [-0.25, -0.2) is 18.2 Å². The van der Waals surface area contributed by atoms with Crippen molar-refractivity contribution in [3.63, 3.8) is 0 Å². The zero-order valence-corrected chi connectivity index (χ0v) is 27.3. The molecule has 0 radical (unpaired) electrons. The highest BCUT2D eigenvalue weighted by Gasteiger charge is 2.42. The molecule has 2 heterocycles. The lowest BCUT2D eigenvalue weighted by atomic mass is 9.83. The molecule has 1 aliphatic heterocycles. The SMILES string of the molecule is CC1CC1CN(C)c1cc(C(=O)NNC(=O)[C@@H]2[C@H](c3ccccc3)CCCN2C(=O)OC(C)(C)C)cc(N(C)S(C)(=O)=O)n1. The molecule has 44 heavy (non-hydrogen) atoms. The first-order valence-electron chi connectivity index (χ1n) is 14.9. The van der Waals surface area contributed by atoms with Crippen molar-refractivity contribution in [3.05, 3.63) is 53.6 Å². The van der Waals surface area contributed by atoms with E-state index in [2.05, 4.69) is 22.8 Å². The van der Waals surface area contributed by atoms with E-state index >= 15 is 0 Å². The average Bonchev–Trinajstić information content (AvgIpc) is 3.67. The fourth-order valence-corrected chi connectivity index (χ4v) is 5.85. The van der Waals surface area contributed by atoms with E-state index in [1.807, 2.05) is 42.3 Å². The van der Waals surface area contributed by atoms with Crippen molar-refractivity contribution in [2.75, 3.05) is 42.6 Å². The fraction of sp³-hybridized carbons (Fsp3) is 0.548. The zero-order valence-electron chi connectivity index (χ0n) is 26.5. The molecule has 4 atom stereocenters. The number of anilines is 2. The van der Waals surface area contributed by atoms with Gasteiger partial charge in [0, 0.05) is 38.7 Å². The van der Waals surface area contributed by atoms with Gasteiger partial charge in [0.15, 0.2) is 0 Å². The van der Waals surface area contributed by atoms with Gasteiger partial charge >= 0.3 is 6.09 Å². The number of hydrogen-bond acceptors (Lipinski definition) is 8. The van der Waals surface area contributed by atoms with Gasteiger partial charge in [0.25, 0.3) is 11.8 Å². The number of rotatable bonds is 8. The number of carbonyl (C=O) groups excluding carboxylic acids is 3. The molecule has 1 aromatic heterocycles. The first-order valence-corrected chi connectivity index (χ1v) is 16.7. The minimum atomic E-state index is -3.66. The Hall–Kier alpha value is -3.87. The third kappa shape index (κ3) is 8.19. The molecule has 4 rings (SSSR count). The summed E-state index contributed by atoms with van der Waals surface area (Å²) in [4.78, 5) is 48.2. The van der Waals surface area contributed by atoms with E-state index in [-0.39, 0.29) is 17.3 Å². The molecule has 12 nitrogen and oxygen atoms in total. The summed E-state index contributed by atoms with van der Waals surface area (Å²) in [5.74, 6) is 0.0449. The number of benzene rings is 1. The van der Waals surface area contributed by atoms with E-state index in [9.17, 15) is 22.8 Å². The number of carbonyl (C=O) groups is 3. The van der Waals surface area contributed by atoms with Crippen LogP contribution in [0.4, 0.5) is 16.4 Å². The predicted octanol–water partition coefficient (Wildman–Crippen LogP) is 3.51. The van der Waals surface area contributed by atoms with Crippen molar-refractivity contribution in [1.82, 2.24) is 20.7 Å². The van der Waals surface area contributed by atoms with E-state index in [1.165, 1.54) is 18.0 Å². The van der Waals surface area contributed by atoms with Crippen molar-refractivity contribution in [2.24, 2.45) is 11.8 Å². The third-order valence-electron chi connectivity index (χ3n) is 8.11. The Labute approximate surface area is 260 Å². The van der Waals surface area contributed by atoms with Gasteiger partial charge < -0.3 is 9.64 Å². The zero-order chi connectivity index (χ0) is 32.4. The Morgan fingerprint density at radius 2 is 1.70 bits per heavy atom. The first kappa shape index (κ1) is 33.0. The standard InChI is InChI=1S/C31H44N6O6S/c1-20-16-23(20)19-35(5)25-17-22(18-26(32-25)36(6)44(7,41)42)28(38)33-34-29(39)27-24(21-12-9-8-10-13-21)14-11-15-37(27)30(40)43-31(2,3)4/h8-10,12-13,17-18,20,23-24,27H,11,14-16,19H2,1-7H3,(H,33,38)(H,34,39)/t20?,23?,24-,27-/m0/s1. The third-order valence-corrected chi connectivity index (χ3v) is 9.29. The van der Waals surface area contributed by atoms with Crippen LogP contribution < -0.4 is 20.1 Å². The highest BCUT2D eigenvalue weighted by molar-refractivity contribution is 7.92.